The minimum Gasteiger partial charge on any atom is -0.478 e. The summed E-state index contributed by atoms with van der Waals surface area (Å²) < 4.78 is 0. The van der Waals surface area contributed by atoms with Crippen molar-refractivity contribution in [2.45, 2.75) is 23.6 Å². The van der Waals surface area contributed by atoms with Crippen LogP contribution in [0.3, 0.4) is 0 Å². The van der Waals surface area contributed by atoms with Gasteiger partial charge in [-0.2, -0.15) is 0 Å². The van der Waals surface area contributed by atoms with Gasteiger partial charge in [-0.05, 0) is 49.2 Å². The molecule has 0 aliphatic rings. The number of anilines is 1. The number of benzene rings is 2. The summed E-state index contributed by atoms with van der Waals surface area (Å²) in [6.45, 7) is 4.08. The molecule has 4 heteroatoms. The van der Waals surface area contributed by atoms with Gasteiger partial charge in [0.25, 0.3) is 0 Å². The number of aromatic carboxylic acids is 1. The lowest BCUT2D eigenvalue weighted by molar-refractivity contribution is 0.0698. The highest BCUT2D eigenvalue weighted by atomic mass is 32.2. The van der Waals surface area contributed by atoms with Crippen molar-refractivity contribution in [1.29, 1.82) is 0 Å². The van der Waals surface area contributed by atoms with Gasteiger partial charge in [0.15, 0.2) is 0 Å². The summed E-state index contributed by atoms with van der Waals surface area (Å²) >= 11 is 1.55. The first-order chi connectivity index (χ1) is 8.97. The third kappa shape index (κ3) is 3.09. The first-order valence-corrected chi connectivity index (χ1v) is 6.67. The average Bonchev–Trinajstić information content (AvgIpc) is 2.36. The Morgan fingerprint density at radius 1 is 1.16 bits per heavy atom. The van der Waals surface area contributed by atoms with Crippen molar-refractivity contribution in [3.8, 4) is 0 Å². The van der Waals surface area contributed by atoms with Crippen molar-refractivity contribution in [1.82, 2.24) is 0 Å². The molecule has 0 radical (unpaired) electrons. The smallest absolute Gasteiger partial charge is 0.337 e. The van der Waals surface area contributed by atoms with Gasteiger partial charge in [-0.1, -0.05) is 23.9 Å². The van der Waals surface area contributed by atoms with Gasteiger partial charge >= 0.3 is 5.97 Å². The van der Waals surface area contributed by atoms with E-state index in [0.717, 1.165) is 9.79 Å². The van der Waals surface area contributed by atoms with E-state index < -0.39 is 5.97 Å². The molecule has 0 saturated heterocycles. The largest absolute Gasteiger partial charge is 0.478 e. The number of carboxylic acid groups (broad SMARTS) is 1. The van der Waals surface area contributed by atoms with Gasteiger partial charge < -0.3 is 10.8 Å². The van der Waals surface area contributed by atoms with E-state index >= 15 is 0 Å². The molecule has 0 fully saturated rings. The molecule has 98 valence electrons. The standard InChI is InChI=1S/C15H15NO2S/c1-9-3-4-10(2)14(7-9)19-11-5-6-13(16)12(8-11)15(17)18/h3-8H,16H2,1-2H3,(H,17,18). The molecule has 0 saturated carbocycles. The molecule has 0 aliphatic carbocycles. The maximum absolute atomic E-state index is 11.1. The van der Waals surface area contributed by atoms with E-state index in [0.29, 0.717) is 0 Å². The second-order valence-electron chi connectivity index (χ2n) is 4.43. The van der Waals surface area contributed by atoms with Gasteiger partial charge in [-0.15, -0.1) is 0 Å². The van der Waals surface area contributed by atoms with E-state index in [4.69, 9.17) is 10.8 Å². The average molecular weight is 273 g/mol. The molecule has 3 nitrogen and oxygen atoms in total. The fraction of sp³-hybridized carbons (Fsp3) is 0.133. The van der Waals surface area contributed by atoms with Crippen LogP contribution >= 0.6 is 11.8 Å². The zero-order valence-corrected chi connectivity index (χ0v) is 11.6. The Bertz CT molecular complexity index is 638. The maximum Gasteiger partial charge on any atom is 0.337 e. The van der Waals surface area contributed by atoms with E-state index in [1.807, 2.05) is 19.9 Å². The number of carboxylic acids is 1. The number of nitrogen functional groups attached to an aromatic ring is 1. The van der Waals surface area contributed by atoms with Gasteiger partial charge in [0, 0.05) is 15.5 Å². The maximum atomic E-state index is 11.1. The summed E-state index contributed by atoms with van der Waals surface area (Å²) in [6, 6.07) is 11.3. The lowest BCUT2D eigenvalue weighted by Crippen LogP contribution is -2.02. The van der Waals surface area contributed by atoms with Crippen LogP contribution in [0.4, 0.5) is 5.69 Å². The molecule has 2 rings (SSSR count). The summed E-state index contributed by atoms with van der Waals surface area (Å²) in [5, 5.41) is 9.07. The van der Waals surface area contributed by atoms with Crippen molar-refractivity contribution < 1.29 is 9.90 Å². The lowest BCUT2D eigenvalue weighted by Gasteiger charge is -2.08. The fourth-order valence-corrected chi connectivity index (χ4v) is 2.77. The molecule has 2 aromatic rings. The van der Waals surface area contributed by atoms with Gasteiger partial charge in [0.2, 0.25) is 0 Å². The van der Waals surface area contributed by atoms with Crippen LogP contribution < -0.4 is 5.73 Å². The lowest BCUT2D eigenvalue weighted by atomic mass is 10.2. The first-order valence-electron chi connectivity index (χ1n) is 5.85. The predicted octanol–water partition coefficient (Wildman–Crippen LogP) is 3.74. The monoisotopic (exact) mass is 273 g/mol. The second-order valence-corrected chi connectivity index (χ2v) is 5.54. The summed E-state index contributed by atoms with van der Waals surface area (Å²) in [7, 11) is 0. The second kappa shape index (κ2) is 5.36. The van der Waals surface area contributed by atoms with Crippen molar-refractivity contribution in [2.75, 3.05) is 5.73 Å². The molecule has 3 N–H and O–H groups in total. The Hall–Kier alpha value is -1.94. The number of hydrogen-bond acceptors (Lipinski definition) is 3. The van der Waals surface area contributed by atoms with Crippen LogP contribution in [0, 0.1) is 13.8 Å². The Balaban J connectivity index is 2.36. The van der Waals surface area contributed by atoms with E-state index in [1.165, 1.54) is 11.1 Å². The topological polar surface area (TPSA) is 63.3 Å². The Labute approximate surface area is 116 Å². The summed E-state index contributed by atoms with van der Waals surface area (Å²) in [6.07, 6.45) is 0. The minimum atomic E-state index is -0.999. The summed E-state index contributed by atoms with van der Waals surface area (Å²) in [5.41, 5.74) is 8.44. The van der Waals surface area contributed by atoms with Crippen LogP contribution in [0.1, 0.15) is 21.5 Å². The quantitative estimate of drug-likeness (QED) is 0.836. The van der Waals surface area contributed by atoms with Crippen LogP contribution in [-0.2, 0) is 0 Å². The number of carbonyl (C=O) groups is 1. The van der Waals surface area contributed by atoms with Crippen molar-refractivity contribution in [3.05, 3.63) is 53.1 Å². The summed E-state index contributed by atoms with van der Waals surface area (Å²) in [4.78, 5) is 13.1. The molecule has 0 spiro atoms. The Morgan fingerprint density at radius 3 is 2.58 bits per heavy atom. The van der Waals surface area contributed by atoms with Crippen LogP contribution in [0.5, 0.6) is 0 Å². The molecule has 0 atom stereocenters. The molecule has 0 bridgehead atoms. The molecule has 0 heterocycles. The van der Waals surface area contributed by atoms with Gasteiger partial charge in [0.05, 0.1) is 5.56 Å². The number of rotatable bonds is 3. The van der Waals surface area contributed by atoms with Crippen molar-refractivity contribution in [3.63, 3.8) is 0 Å². The van der Waals surface area contributed by atoms with Gasteiger partial charge in [-0.25, -0.2) is 4.79 Å². The van der Waals surface area contributed by atoms with Gasteiger partial charge in [-0.3, -0.25) is 0 Å². The van der Waals surface area contributed by atoms with Crippen molar-refractivity contribution in [2.24, 2.45) is 0 Å². The van der Waals surface area contributed by atoms with E-state index in [9.17, 15) is 4.79 Å². The fourth-order valence-electron chi connectivity index (χ4n) is 1.73. The number of hydrogen-bond donors (Lipinski definition) is 2. The Kier molecular flexibility index (Phi) is 3.81. The number of nitrogens with two attached hydrogens (primary N) is 1. The van der Waals surface area contributed by atoms with Crippen LogP contribution in [-0.4, -0.2) is 11.1 Å². The number of aryl methyl sites for hydroxylation is 2. The summed E-state index contributed by atoms with van der Waals surface area (Å²) in [5.74, 6) is -0.999. The van der Waals surface area contributed by atoms with E-state index in [2.05, 4.69) is 18.2 Å². The molecule has 0 amide bonds. The molecular formula is C15H15NO2S. The molecule has 0 unspecified atom stereocenters. The highest BCUT2D eigenvalue weighted by Crippen LogP contribution is 2.32. The van der Waals surface area contributed by atoms with E-state index in [-0.39, 0.29) is 11.3 Å². The highest BCUT2D eigenvalue weighted by Gasteiger charge is 2.10. The molecular weight excluding hydrogens is 258 g/mol. The zero-order valence-electron chi connectivity index (χ0n) is 10.8. The Morgan fingerprint density at radius 2 is 1.89 bits per heavy atom. The molecule has 19 heavy (non-hydrogen) atoms. The van der Waals surface area contributed by atoms with Gasteiger partial charge in [0.1, 0.15) is 0 Å². The van der Waals surface area contributed by atoms with Crippen LogP contribution in [0.15, 0.2) is 46.2 Å². The van der Waals surface area contributed by atoms with E-state index in [1.54, 1.807) is 23.9 Å². The van der Waals surface area contributed by atoms with Crippen molar-refractivity contribution >= 4 is 23.4 Å². The molecule has 0 aliphatic heterocycles. The molecule has 2 aromatic carbocycles. The normalized spacial score (nSPS) is 10.4. The SMILES string of the molecule is Cc1ccc(C)c(Sc2ccc(N)c(C(=O)O)c2)c1. The zero-order chi connectivity index (χ0) is 14.0. The minimum absolute atomic E-state index is 0.148. The first kappa shape index (κ1) is 13.5. The highest BCUT2D eigenvalue weighted by molar-refractivity contribution is 7.99. The third-order valence-corrected chi connectivity index (χ3v) is 3.98. The molecule has 0 aromatic heterocycles. The third-order valence-electron chi connectivity index (χ3n) is 2.83. The van der Waals surface area contributed by atoms with Crippen LogP contribution in [0.2, 0.25) is 0 Å². The predicted molar refractivity (Wildman–Crippen MR) is 77.9 cm³/mol. The van der Waals surface area contributed by atoms with Crippen LogP contribution in [0.25, 0.3) is 0 Å².